The molecule has 5 heteroatoms. The Hall–Kier alpha value is -2.04. The van der Waals surface area contributed by atoms with Crippen LogP contribution in [0.4, 0.5) is 0 Å². The zero-order valence-electron chi connectivity index (χ0n) is 15.4. The third kappa shape index (κ3) is 2.87. The lowest BCUT2D eigenvalue weighted by atomic mass is 9.79. The predicted octanol–water partition coefficient (Wildman–Crippen LogP) is 4.52. The number of halogens is 1. The number of amides is 1. The molecule has 0 saturated carbocycles. The number of likely N-dealkylation sites (tertiary alicyclic amines) is 1. The molecule has 1 saturated heterocycles. The number of carbonyl (C=O) groups excluding carboxylic acids is 1. The molecular formula is C21H25ClN2O2. The van der Waals surface area contributed by atoms with Crippen molar-refractivity contribution in [3.8, 4) is 0 Å². The van der Waals surface area contributed by atoms with Gasteiger partial charge in [-0.15, -0.1) is 12.4 Å². The van der Waals surface area contributed by atoms with Crippen LogP contribution < -0.4 is 5.73 Å². The zero-order valence-corrected chi connectivity index (χ0v) is 16.2. The number of carbonyl (C=O) groups is 1. The summed E-state index contributed by atoms with van der Waals surface area (Å²) >= 11 is 0. The number of hydrogen-bond donors (Lipinski definition) is 1. The third-order valence-corrected chi connectivity index (χ3v) is 5.62. The Morgan fingerprint density at radius 2 is 1.92 bits per heavy atom. The highest BCUT2D eigenvalue weighted by Crippen LogP contribution is 2.34. The number of rotatable bonds is 1. The van der Waals surface area contributed by atoms with Gasteiger partial charge in [0.15, 0.2) is 5.76 Å². The number of nitrogens with zero attached hydrogens (tertiary/aromatic N) is 1. The Morgan fingerprint density at radius 3 is 2.65 bits per heavy atom. The molecule has 0 radical (unpaired) electrons. The lowest BCUT2D eigenvalue weighted by Crippen LogP contribution is -2.54. The van der Waals surface area contributed by atoms with Crippen molar-refractivity contribution in [2.75, 3.05) is 13.1 Å². The van der Waals surface area contributed by atoms with Gasteiger partial charge in [0.2, 0.25) is 0 Å². The van der Waals surface area contributed by atoms with Gasteiger partial charge >= 0.3 is 0 Å². The Bertz CT molecular complexity index is 977. The molecule has 1 fully saturated rings. The summed E-state index contributed by atoms with van der Waals surface area (Å²) in [5.74, 6) is 0.426. The second-order valence-corrected chi connectivity index (χ2v) is 7.83. The van der Waals surface area contributed by atoms with Gasteiger partial charge in [0.1, 0.15) is 5.58 Å². The standard InChI is InChI=1S/C21H24N2O2.ClH/c1-13-15-9-8-14-6-4-5-7-16(14)19(15)25-18(13)20(24)23-11-10-17(22)21(2,3)12-23;/h4-9,17H,10-12,22H2,1-3H3;1H. The molecule has 1 aliphatic heterocycles. The van der Waals surface area contributed by atoms with Crippen LogP contribution in [0.25, 0.3) is 21.7 Å². The van der Waals surface area contributed by atoms with Gasteiger partial charge in [-0.25, -0.2) is 0 Å². The number of hydrogen-bond acceptors (Lipinski definition) is 3. The Labute approximate surface area is 159 Å². The van der Waals surface area contributed by atoms with Gasteiger partial charge < -0.3 is 15.1 Å². The molecule has 4 nitrogen and oxygen atoms in total. The molecule has 26 heavy (non-hydrogen) atoms. The summed E-state index contributed by atoms with van der Waals surface area (Å²) in [5.41, 5.74) is 7.84. The summed E-state index contributed by atoms with van der Waals surface area (Å²) in [6, 6.07) is 12.4. The molecule has 0 spiro atoms. The highest BCUT2D eigenvalue weighted by molar-refractivity contribution is 6.08. The fourth-order valence-corrected chi connectivity index (χ4v) is 3.84. The molecule has 3 aromatic rings. The van der Waals surface area contributed by atoms with E-state index in [1.54, 1.807) is 0 Å². The fourth-order valence-electron chi connectivity index (χ4n) is 3.84. The fraction of sp³-hybridized carbons (Fsp3) is 0.381. The van der Waals surface area contributed by atoms with Crippen molar-refractivity contribution in [2.45, 2.75) is 33.2 Å². The first kappa shape index (κ1) is 18.7. The van der Waals surface area contributed by atoms with Crippen LogP contribution >= 0.6 is 12.4 Å². The SMILES string of the molecule is Cc1c(C(=O)N2CCC(N)C(C)(C)C2)oc2c1ccc1ccccc12.Cl. The first-order valence-electron chi connectivity index (χ1n) is 8.84. The van der Waals surface area contributed by atoms with E-state index < -0.39 is 0 Å². The van der Waals surface area contributed by atoms with Gasteiger partial charge in [-0.1, -0.05) is 50.2 Å². The van der Waals surface area contributed by atoms with Gasteiger partial charge in [0, 0.05) is 35.5 Å². The first-order valence-corrected chi connectivity index (χ1v) is 8.84. The predicted molar refractivity (Wildman–Crippen MR) is 108 cm³/mol. The molecule has 1 aromatic heterocycles. The summed E-state index contributed by atoms with van der Waals surface area (Å²) in [5, 5.41) is 3.17. The average molecular weight is 373 g/mol. The summed E-state index contributed by atoms with van der Waals surface area (Å²) in [6.45, 7) is 7.55. The van der Waals surface area contributed by atoms with Crippen molar-refractivity contribution in [1.29, 1.82) is 0 Å². The number of nitrogens with two attached hydrogens (primary N) is 1. The van der Waals surface area contributed by atoms with Crippen LogP contribution in [-0.2, 0) is 0 Å². The van der Waals surface area contributed by atoms with Crippen LogP contribution in [0.15, 0.2) is 40.8 Å². The van der Waals surface area contributed by atoms with E-state index in [-0.39, 0.29) is 29.8 Å². The highest BCUT2D eigenvalue weighted by atomic mass is 35.5. The molecule has 138 valence electrons. The molecule has 1 aliphatic rings. The van der Waals surface area contributed by atoms with E-state index in [9.17, 15) is 4.79 Å². The highest BCUT2D eigenvalue weighted by Gasteiger charge is 2.37. The van der Waals surface area contributed by atoms with Crippen molar-refractivity contribution >= 4 is 40.1 Å². The third-order valence-electron chi connectivity index (χ3n) is 5.62. The van der Waals surface area contributed by atoms with E-state index in [2.05, 4.69) is 26.0 Å². The van der Waals surface area contributed by atoms with E-state index in [4.69, 9.17) is 10.2 Å². The molecule has 2 heterocycles. The molecular weight excluding hydrogens is 348 g/mol. The summed E-state index contributed by atoms with van der Waals surface area (Å²) in [4.78, 5) is 15.0. The number of benzene rings is 2. The number of fused-ring (bicyclic) bond motifs is 3. The van der Waals surface area contributed by atoms with Crippen molar-refractivity contribution in [1.82, 2.24) is 4.90 Å². The second-order valence-electron chi connectivity index (χ2n) is 7.83. The van der Waals surface area contributed by atoms with Gasteiger partial charge in [-0.05, 0) is 24.1 Å². The van der Waals surface area contributed by atoms with Gasteiger partial charge in [-0.2, -0.15) is 0 Å². The van der Waals surface area contributed by atoms with Gasteiger partial charge in [0.25, 0.3) is 5.91 Å². The summed E-state index contributed by atoms with van der Waals surface area (Å²) in [6.07, 6.45) is 0.820. The van der Waals surface area contributed by atoms with E-state index >= 15 is 0 Å². The van der Waals surface area contributed by atoms with Crippen molar-refractivity contribution in [3.05, 3.63) is 47.7 Å². The van der Waals surface area contributed by atoms with E-state index in [0.717, 1.165) is 33.7 Å². The normalized spacial score (nSPS) is 19.5. The van der Waals surface area contributed by atoms with Gasteiger partial charge in [-0.3, -0.25) is 4.79 Å². The molecule has 1 atom stereocenters. The van der Waals surface area contributed by atoms with Crippen molar-refractivity contribution in [2.24, 2.45) is 11.1 Å². The quantitative estimate of drug-likeness (QED) is 0.683. The molecule has 0 aliphatic carbocycles. The van der Waals surface area contributed by atoms with E-state index in [1.165, 1.54) is 0 Å². The molecule has 2 N–H and O–H groups in total. The minimum absolute atomic E-state index is 0. The van der Waals surface area contributed by atoms with Crippen LogP contribution in [0.5, 0.6) is 0 Å². The molecule has 2 aromatic carbocycles. The molecule has 1 amide bonds. The van der Waals surface area contributed by atoms with Gasteiger partial charge in [0.05, 0.1) is 0 Å². The number of piperidine rings is 1. The minimum Gasteiger partial charge on any atom is -0.450 e. The second kappa shape index (κ2) is 6.60. The molecule has 1 unspecified atom stereocenters. The average Bonchev–Trinajstić information content (AvgIpc) is 2.94. The number of furan rings is 1. The van der Waals surface area contributed by atoms with Crippen molar-refractivity contribution < 1.29 is 9.21 Å². The summed E-state index contributed by atoms with van der Waals surface area (Å²) < 4.78 is 6.10. The topological polar surface area (TPSA) is 59.5 Å². The van der Waals surface area contributed by atoms with Crippen LogP contribution in [0, 0.1) is 12.3 Å². The smallest absolute Gasteiger partial charge is 0.289 e. The van der Waals surface area contributed by atoms with Crippen LogP contribution in [0.1, 0.15) is 36.4 Å². The Balaban J connectivity index is 0.00000196. The van der Waals surface area contributed by atoms with Crippen LogP contribution in [0.2, 0.25) is 0 Å². The maximum absolute atomic E-state index is 13.1. The van der Waals surface area contributed by atoms with E-state index in [1.807, 2.05) is 36.1 Å². The first-order chi connectivity index (χ1) is 11.9. The Morgan fingerprint density at radius 1 is 1.19 bits per heavy atom. The monoisotopic (exact) mass is 372 g/mol. The Kier molecular flexibility index (Phi) is 4.76. The van der Waals surface area contributed by atoms with Crippen LogP contribution in [-0.4, -0.2) is 29.9 Å². The maximum atomic E-state index is 13.1. The number of aryl methyl sites for hydroxylation is 1. The zero-order chi connectivity index (χ0) is 17.8. The summed E-state index contributed by atoms with van der Waals surface area (Å²) in [7, 11) is 0. The lowest BCUT2D eigenvalue weighted by molar-refractivity contribution is 0.0505. The lowest BCUT2D eigenvalue weighted by Gasteiger charge is -2.42. The van der Waals surface area contributed by atoms with Crippen molar-refractivity contribution in [3.63, 3.8) is 0 Å². The maximum Gasteiger partial charge on any atom is 0.289 e. The minimum atomic E-state index is -0.0828. The van der Waals surface area contributed by atoms with E-state index in [0.29, 0.717) is 18.8 Å². The largest absolute Gasteiger partial charge is 0.450 e. The van der Waals surface area contributed by atoms with Crippen LogP contribution in [0.3, 0.4) is 0 Å². The molecule has 0 bridgehead atoms. The molecule has 4 rings (SSSR count).